The second-order valence-electron chi connectivity index (χ2n) is 4.13. The van der Waals surface area contributed by atoms with E-state index in [1.807, 2.05) is 0 Å². The number of carbonyl (C=O) groups is 2. The molecule has 1 aromatic carbocycles. The lowest BCUT2D eigenvalue weighted by molar-refractivity contribution is -0.132. The lowest BCUT2D eigenvalue weighted by Gasteiger charge is -2.26. The van der Waals surface area contributed by atoms with E-state index in [-0.39, 0.29) is 24.5 Å². The van der Waals surface area contributed by atoms with Crippen molar-refractivity contribution in [3.63, 3.8) is 0 Å². The minimum atomic E-state index is -1.02. The predicted molar refractivity (Wildman–Crippen MR) is 65.8 cm³/mol. The molecule has 0 spiro atoms. The number of carbonyl (C=O) groups excluding carboxylic acids is 1. The highest BCUT2D eigenvalue weighted by atomic mass is 16.5. The number of carboxylic acid groups (broad SMARTS) is 1. The van der Waals surface area contributed by atoms with Crippen LogP contribution < -0.4 is 9.64 Å². The van der Waals surface area contributed by atoms with Crippen LogP contribution >= 0.6 is 0 Å². The fourth-order valence-corrected chi connectivity index (χ4v) is 1.75. The Bertz CT molecular complexity index is 536. The molecule has 0 bridgehead atoms. The second-order valence-corrected chi connectivity index (χ2v) is 4.13. The average molecular weight is 247 g/mol. The molecule has 0 saturated carbocycles. The average Bonchev–Trinajstić information content (AvgIpc) is 2.34. The van der Waals surface area contributed by atoms with Crippen LogP contribution in [0.1, 0.15) is 5.56 Å². The van der Waals surface area contributed by atoms with E-state index in [0.29, 0.717) is 11.4 Å². The van der Waals surface area contributed by atoms with Crippen molar-refractivity contribution in [2.45, 2.75) is 6.42 Å². The summed E-state index contributed by atoms with van der Waals surface area (Å²) in [6, 6.07) is 5.26. The zero-order valence-corrected chi connectivity index (χ0v) is 9.97. The van der Waals surface area contributed by atoms with Crippen molar-refractivity contribution in [1.82, 2.24) is 0 Å². The quantitative estimate of drug-likeness (QED) is 0.816. The third-order valence-electron chi connectivity index (χ3n) is 2.83. The van der Waals surface area contributed by atoms with Gasteiger partial charge in [-0.2, -0.15) is 0 Å². The number of fused-ring (bicyclic) bond motifs is 1. The molecule has 0 radical (unpaired) electrons. The minimum Gasteiger partial charge on any atom is -0.482 e. The molecular weight excluding hydrogens is 234 g/mol. The Kier molecular flexibility index (Phi) is 3.06. The molecule has 2 rings (SSSR count). The van der Waals surface area contributed by atoms with E-state index in [1.54, 1.807) is 25.2 Å². The van der Waals surface area contributed by atoms with Gasteiger partial charge in [0.25, 0.3) is 5.91 Å². The van der Waals surface area contributed by atoms with Gasteiger partial charge in [-0.05, 0) is 17.7 Å². The minimum absolute atomic E-state index is 0.0324. The molecule has 1 aromatic rings. The maximum Gasteiger partial charge on any atom is 0.331 e. The first-order chi connectivity index (χ1) is 8.49. The number of hydrogen-bond acceptors (Lipinski definition) is 3. The van der Waals surface area contributed by atoms with Crippen LogP contribution in [-0.2, 0) is 16.0 Å². The molecule has 1 aliphatic heterocycles. The molecule has 1 heterocycles. The first-order valence-electron chi connectivity index (χ1n) is 5.42. The fourth-order valence-electron chi connectivity index (χ4n) is 1.75. The van der Waals surface area contributed by atoms with Gasteiger partial charge in [-0.25, -0.2) is 4.79 Å². The van der Waals surface area contributed by atoms with Crippen molar-refractivity contribution in [3.05, 3.63) is 35.9 Å². The standard InChI is InChI=1S/C13H13NO4/c1-8(13(16)17)5-9-3-4-11-10(6-9)14(2)12(15)7-18-11/h3-4,6H,1,5,7H2,2H3,(H,16,17). The van der Waals surface area contributed by atoms with Gasteiger partial charge in [0.15, 0.2) is 6.61 Å². The van der Waals surface area contributed by atoms with Crippen molar-refractivity contribution >= 4 is 17.6 Å². The Morgan fingerprint density at radius 2 is 2.28 bits per heavy atom. The summed E-state index contributed by atoms with van der Waals surface area (Å²) in [4.78, 5) is 23.7. The first-order valence-corrected chi connectivity index (χ1v) is 5.42. The number of ether oxygens (including phenoxy) is 1. The highest BCUT2D eigenvalue weighted by molar-refractivity contribution is 5.97. The van der Waals surface area contributed by atoms with E-state index in [9.17, 15) is 9.59 Å². The van der Waals surface area contributed by atoms with Crippen LogP contribution in [0, 0.1) is 0 Å². The van der Waals surface area contributed by atoms with Crippen LogP contribution in [0.15, 0.2) is 30.4 Å². The number of aliphatic carboxylic acids is 1. The molecule has 5 heteroatoms. The normalized spacial score (nSPS) is 13.8. The Morgan fingerprint density at radius 1 is 1.56 bits per heavy atom. The van der Waals surface area contributed by atoms with Crippen LogP contribution in [0.25, 0.3) is 0 Å². The molecule has 0 fully saturated rings. The van der Waals surface area contributed by atoms with Crippen molar-refractivity contribution in [1.29, 1.82) is 0 Å². The summed E-state index contributed by atoms with van der Waals surface area (Å²) < 4.78 is 5.28. The van der Waals surface area contributed by atoms with E-state index >= 15 is 0 Å². The zero-order chi connectivity index (χ0) is 13.3. The van der Waals surface area contributed by atoms with Crippen LogP contribution in [0.5, 0.6) is 5.75 Å². The monoisotopic (exact) mass is 247 g/mol. The molecule has 5 nitrogen and oxygen atoms in total. The maximum absolute atomic E-state index is 11.5. The molecule has 1 aliphatic rings. The Hall–Kier alpha value is -2.30. The molecule has 0 unspecified atom stereocenters. The van der Waals surface area contributed by atoms with Gasteiger partial charge in [0, 0.05) is 19.0 Å². The largest absolute Gasteiger partial charge is 0.482 e. The highest BCUT2D eigenvalue weighted by Gasteiger charge is 2.22. The van der Waals surface area contributed by atoms with Crippen LogP contribution in [0.4, 0.5) is 5.69 Å². The lowest BCUT2D eigenvalue weighted by Crippen LogP contribution is -2.35. The van der Waals surface area contributed by atoms with Crippen molar-refractivity contribution in [2.75, 3.05) is 18.6 Å². The molecule has 0 aliphatic carbocycles. The van der Waals surface area contributed by atoms with Gasteiger partial charge in [0.2, 0.25) is 0 Å². The smallest absolute Gasteiger partial charge is 0.331 e. The van der Waals surface area contributed by atoms with Gasteiger partial charge in [0.05, 0.1) is 5.69 Å². The Labute approximate surface area is 104 Å². The molecule has 1 amide bonds. The summed E-state index contributed by atoms with van der Waals surface area (Å²) in [6.45, 7) is 3.52. The molecule has 18 heavy (non-hydrogen) atoms. The van der Waals surface area contributed by atoms with Crippen LogP contribution in [-0.4, -0.2) is 30.6 Å². The van der Waals surface area contributed by atoms with Crippen molar-refractivity contribution < 1.29 is 19.4 Å². The highest BCUT2D eigenvalue weighted by Crippen LogP contribution is 2.32. The summed E-state index contributed by atoms with van der Waals surface area (Å²) in [6.07, 6.45) is 0.241. The molecule has 0 atom stereocenters. The van der Waals surface area contributed by atoms with Gasteiger partial charge >= 0.3 is 5.97 Å². The third kappa shape index (κ3) is 2.20. The van der Waals surface area contributed by atoms with E-state index in [0.717, 1.165) is 5.56 Å². The molecule has 0 aromatic heterocycles. The Morgan fingerprint density at radius 3 is 2.94 bits per heavy atom. The number of anilines is 1. The first kappa shape index (κ1) is 12.2. The summed E-state index contributed by atoms with van der Waals surface area (Å²) in [5, 5.41) is 8.79. The number of rotatable bonds is 3. The maximum atomic E-state index is 11.5. The van der Waals surface area contributed by atoms with E-state index in [4.69, 9.17) is 9.84 Å². The fraction of sp³-hybridized carbons (Fsp3) is 0.231. The summed E-state index contributed by atoms with van der Waals surface area (Å²) >= 11 is 0. The van der Waals surface area contributed by atoms with Crippen LogP contribution in [0.2, 0.25) is 0 Å². The number of benzene rings is 1. The SMILES string of the molecule is C=C(Cc1ccc2c(c1)N(C)C(=O)CO2)C(=O)O. The van der Waals surface area contributed by atoms with Gasteiger partial charge in [0.1, 0.15) is 5.75 Å². The van der Waals surface area contributed by atoms with Crippen LogP contribution in [0.3, 0.4) is 0 Å². The summed E-state index contributed by atoms with van der Waals surface area (Å²) in [7, 11) is 1.67. The summed E-state index contributed by atoms with van der Waals surface area (Å²) in [5.41, 5.74) is 1.55. The third-order valence-corrected chi connectivity index (χ3v) is 2.83. The lowest BCUT2D eigenvalue weighted by atomic mass is 10.0. The second kappa shape index (κ2) is 4.52. The Balaban J connectivity index is 2.29. The van der Waals surface area contributed by atoms with E-state index in [1.165, 1.54) is 4.90 Å². The van der Waals surface area contributed by atoms with Gasteiger partial charge < -0.3 is 14.7 Å². The molecular formula is C13H13NO4. The number of hydrogen-bond donors (Lipinski definition) is 1. The number of nitrogens with zero attached hydrogens (tertiary/aromatic N) is 1. The number of carboxylic acids is 1. The molecule has 0 saturated heterocycles. The summed E-state index contributed by atoms with van der Waals surface area (Å²) in [5.74, 6) is -0.521. The number of likely N-dealkylation sites (N-methyl/N-ethyl adjacent to an activating group) is 1. The number of amides is 1. The molecule has 1 N–H and O–H groups in total. The molecule has 94 valence electrons. The van der Waals surface area contributed by atoms with Gasteiger partial charge in [-0.3, -0.25) is 4.79 Å². The van der Waals surface area contributed by atoms with E-state index in [2.05, 4.69) is 6.58 Å². The predicted octanol–water partition coefficient (Wildman–Crippen LogP) is 1.23. The van der Waals surface area contributed by atoms with Crippen molar-refractivity contribution in [3.8, 4) is 5.75 Å². The van der Waals surface area contributed by atoms with Gasteiger partial charge in [-0.15, -0.1) is 0 Å². The van der Waals surface area contributed by atoms with E-state index < -0.39 is 5.97 Å². The zero-order valence-electron chi connectivity index (χ0n) is 9.97. The van der Waals surface area contributed by atoms with Gasteiger partial charge in [-0.1, -0.05) is 12.6 Å². The topological polar surface area (TPSA) is 66.8 Å². The van der Waals surface area contributed by atoms with Crippen molar-refractivity contribution in [2.24, 2.45) is 0 Å².